The second-order valence-electron chi connectivity index (χ2n) is 8.15. The van der Waals surface area contributed by atoms with Gasteiger partial charge in [0.15, 0.2) is 5.17 Å². The van der Waals surface area contributed by atoms with E-state index in [9.17, 15) is 10.4 Å². The van der Waals surface area contributed by atoms with Crippen LogP contribution in [0.4, 0.5) is 5.69 Å². The molecular formula is C20H29N3OS. The Kier molecular flexibility index (Phi) is 6.18. The van der Waals surface area contributed by atoms with Crippen LogP contribution in [0.5, 0.6) is 0 Å². The van der Waals surface area contributed by atoms with Crippen LogP contribution in [-0.4, -0.2) is 39.6 Å². The highest BCUT2D eigenvalue weighted by Crippen LogP contribution is 2.35. The van der Waals surface area contributed by atoms with E-state index in [0.29, 0.717) is 11.5 Å². The van der Waals surface area contributed by atoms with Crippen LogP contribution in [0.2, 0.25) is 0 Å². The molecule has 1 N–H and O–H groups in total. The van der Waals surface area contributed by atoms with Crippen molar-refractivity contribution in [2.24, 2.45) is 10.9 Å². The maximum Gasteiger partial charge on any atom is 0.164 e. The summed E-state index contributed by atoms with van der Waals surface area (Å²) < 4.78 is 0. The number of amidine groups is 1. The van der Waals surface area contributed by atoms with Gasteiger partial charge in [-0.3, -0.25) is 0 Å². The molecule has 1 aromatic rings. The summed E-state index contributed by atoms with van der Waals surface area (Å²) in [6.07, 6.45) is -0.387. The van der Waals surface area contributed by atoms with E-state index >= 15 is 0 Å². The maximum atomic E-state index is 10.1. The number of nitriles is 1. The van der Waals surface area contributed by atoms with Gasteiger partial charge in [-0.1, -0.05) is 46.4 Å². The summed E-state index contributed by atoms with van der Waals surface area (Å²) in [5.74, 6) is 1.35. The van der Waals surface area contributed by atoms with E-state index < -0.39 is 0 Å². The van der Waals surface area contributed by atoms with Gasteiger partial charge < -0.3 is 10.0 Å². The first kappa shape index (κ1) is 19.8. The van der Waals surface area contributed by atoms with Crippen molar-refractivity contribution in [3.8, 4) is 6.07 Å². The molecule has 5 heteroatoms. The molecule has 1 aromatic carbocycles. The molecule has 4 nitrogen and oxygen atoms in total. The second-order valence-corrected chi connectivity index (χ2v) is 9.14. The largest absolute Gasteiger partial charge is 0.391 e. The number of hydrogen-bond donors (Lipinski definition) is 1. The zero-order valence-electron chi connectivity index (χ0n) is 16.1. The van der Waals surface area contributed by atoms with Crippen molar-refractivity contribution in [3.63, 3.8) is 0 Å². The molecule has 0 saturated carbocycles. The van der Waals surface area contributed by atoms with E-state index in [-0.39, 0.29) is 17.6 Å². The van der Waals surface area contributed by atoms with Crippen LogP contribution in [0.1, 0.15) is 52.7 Å². The fourth-order valence-electron chi connectivity index (χ4n) is 2.98. The zero-order chi connectivity index (χ0) is 18.8. The van der Waals surface area contributed by atoms with Crippen LogP contribution < -0.4 is 0 Å². The molecule has 0 amide bonds. The van der Waals surface area contributed by atoms with Crippen LogP contribution in [0, 0.1) is 17.2 Å². The average Bonchev–Trinajstić information content (AvgIpc) is 2.88. The Morgan fingerprint density at radius 2 is 2.04 bits per heavy atom. The minimum Gasteiger partial charge on any atom is -0.391 e. The molecule has 0 radical (unpaired) electrons. The second kappa shape index (κ2) is 7.80. The van der Waals surface area contributed by atoms with Gasteiger partial charge in [-0.05, 0) is 42.0 Å². The molecule has 25 heavy (non-hydrogen) atoms. The summed E-state index contributed by atoms with van der Waals surface area (Å²) in [4.78, 5) is 7.19. The Bertz CT molecular complexity index is 683. The number of aliphatic hydroxyl groups is 1. The lowest BCUT2D eigenvalue weighted by atomic mass is 9.85. The molecule has 1 fully saturated rings. The van der Waals surface area contributed by atoms with E-state index in [1.54, 1.807) is 11.8 Å². The van der Waals surface area contributed by atoms with Crippen molar-refractivity contribution in [2.45, 2.75) is 59.1 Å². The summed E-state index contributed by atoms with van der Waals surface area (Å²) >= 11 is 1.70. The Morgan fingerprint density at radius 3 is 2.56 bits per heavy atom. The van der Waals surface area contributed by atoms with Gasteiger partial charge in [-0.25, -0.2) is 4.99 Å². The number of benzene rings is 1. The molecule has 2 rings (SSSR count). The van der Waals surface area contributed by atoms with Crippen LogP contribution in [0.25, 0.3) is 0 Å². The predicted molar refractivity (Wildman–Crippen MR) is 106 cm³/mol. The topological polar surface area (TPSA) is 59.6 Å². The number of aliphatic imine (C=N–C) groups is 1. The van der Waals surface area contributed by atoms with Crippen LogP contribution in [0.15, 0.2) is 23.2 Å². The molecule has 1 heterocycles. The third-order valence-corrected chi connectivity index (χ3v) is 5.39. The van der Waals surface area contributed by atoms with Crippen molar-refractivity contribution in [1.82, 2.24) is 4.90 Å². The van der Waals surface area contributed by atoms with Crippen LogP contribution in [-0.2, 0) is 5.41 Å². The van der Waals surface area contributed by atoms with Gasteiger partial charge >= 0.3 is 0 Å². The number of thioether (sulfide) groups is 1. The molecule has 136 valence electrons. The summed E-state index contributed by atoms with van der Waals surface area (Å²) in [6, 6.07) is 8.03. The van der Waals surface area contributed by atoms with Crippen molar-refractivity contribution < 1.29 is 5.11 Å². The minimum absolute atomic E-state index is 0.0952. The summed E-state index contributed by atoms with van der Waals surface area (Å²) in [5.41, 5.74) is 2.55. The zero-order valence-corrected chi connectivity index (χ0v) is 16.9. The average molecular weight is 360 g/mol. The van der Waals surface area contributed by atoms with Gasteiger partial charge in [0.25, 0.3) is 0 Å². The smallest absolute Gasteiger partial charge is 0.164 e. The lowest BCUT2D eigenvalue weighted by Crippen LogP contribution is -2.43. The predicted octanol–water partition coefficient (Wildman–Crippen LogP) is 4.30. The van der Waals surface area contributed by atoms with Crippen LogP contribution >= 0.6 is 11.8 Å². The highest BCUT2D eigenvalue weighted by Gasteiger charge is 2.34. The molecule has 0 spiro atoms. The fourth-order valence-corrected chi connectivity index (χ4v) is 4.30. The first-order chi connectivity index (χ1) is 11.6. The van der Waals surface area contributed by atoms with Gasteiger partial charge in [0.1, 0.15) is 0 Å². The third-order valence-electron chi connectivity index (χ3n) is 4.30. The van der Waals surface area contributed by atoms with E-state index in [2.05, 4.69) is 45.6 Å². The lowest BCUT2D eigenvalue weighted by molar-refractivity contribution is 0.111. The quantitative estimate of drug-likeness (QED) is 0.871. The number of rotatable bonds is 4. The third kappa shape index (κ3) is 4.77. The summed E-state index contributed by atoms with van der Waals surface area (Å²) in [5, 5.41) is 20.3. The van der Waals surface area contributed by atoms with Gasteiger partial charge in [0.05, 0.1) is 29.5 Å². The fraction of sp³-hybridized carbons (Fsp3) is 0.600. The number of hydrogen-bond acceptors (Lipinski definition) is 4. The monoisotopic (exact) mass is 359 g/mol. The van der Waals surface area contributed by atoms with Crippen molar-refractivity contribution in [2.75, 3.05) is 12.3 Å². The molecule has 1 aliphatic heterocycles. The standard InChI is InChI=1S/C20H29N3OS/c1-13(2)11-23-18(14(3)24)12-25-19(23)22-17-8-7-15(10-21)9-16(17)20(4,5)6/h7-9,13-14,18,24H,11-12H2,1-6H3/b22-19-/t14-,18+/m1/s1. The summed E-state index contributed by atoms with van der Waals surface area (Å²) in [6.45, 7) is 13.5. The molecular weight excluding hydrogens is 330 g/mol. The van der Waals surface area contributed by atoms with Gasteiger partial charge in [0, 0.05) is 12.3 Å². The lowest BCUT2D eigenvalue weighted by Gasteiger charge is -2.30. The van der Waals surface area contributed by atoms with Crippen molar-refractivity contribution in [3.05, 3.63) is 29.3 Å². The van der Waals surface area contributed by atoms with Gasteiger partial charge in [0.2, 0.25) is 0 Å². The SMILES string of the molecule is CC(C)CN1/C(=N/c2ccc(C#N)cc2C(C)(C)C)SC[C@H]1[C@@H](C)O. The maximum absolute atomic E-state index is 10.1. The Balaban J connectivity index is 2.46. The molecule has 0 bridgehead atoms. The van der Waals surface area contributed by atoms with Crippen molar-refractivity contribution >= 4 is 22.6 Å². The van der Waals surface area contributed by atoms with E-state index in [1.165, 1.54) is 0 Å². The molecule has 1 aliphatic rings. The van der Waals surface area contributed by atoms with Gasteiger partial charge in [-0.2, -0.15) is 5.26 Å². The minimum atomic E-state index is -0.387. The van der Waals surface area contributed by atoms with E-state index in [4.69, 9.17) is 4.99 Å². The first-order valence-corrected chi connectivity index (χ1v) is 9.83. The highest BCUT2D eigenvalue weighted by atomic mass is 32.2. The number of nitrogens with zero attached hydrogens (tertiary/aromatic N) is 3. The molecule has 0 aromatic heterocycles. The van der Waals surface area contributed by atoms with E-state index in [1.807, 2.05) is 25.1 Å². The molecule has 1 saturated heterocycles. The first-order valence-electron chi connectivity index (χ1n) is 8.84. The van der Waals surface area contributed by atoms with Gasteiger partial charge in [-0.15, -0.1) is 0 Å². The Hall–Kier alpha value is -1.51. The van der Waals surface area contributed by atoms with Crippen LogP contribution in [0.3, 0.4) is 0 Å². The summed E-state index contributed by atoms with van der Waals surface area (Å²) in [7, 11) is 0. The Labute approximate surface area is 155 Å². The molecule has 2 atom stereocenters. The molecule has 0 unspecified atom stereocenters. The molecule has 0 aliphatic carbocycles. The van der Waals surface area contributed by atoms with E-state index in [0.717, 1.165) is 28.7 Å². The number of aliphatic hydroxyl groups excluding tert-OH is 1. The van der Waals surface area contributed by atoms with Crippen molar-refractivity contribution in [1.29, 1.82) is 5.26 Å². The normalized spacial score (nSPS) is 21.0. The highest BCUT2D eigenvalue weighted by molar-refractivity contribution is 8.14. The Morgan fingerprint density at radius 1 is 1.36 bits per heavy atom.